The summed E-state index contributed by atoms with van der Waals surface area (Å²) in [4.78, 5) is 15.3. The molecule has 0 amide bonds. The molecule has 0 bridgehead atoms. The van der Waals surface area contributed by atoms with Gasteiger partial charge in [-0.25, -0.2) is 4.98 Å². The number of rotatable bonds is 5. The zero-order valence-corrected chi connectivity index (χ0v) is 33.0. The highest BCUT2D eigenvalue weighted by atomic mass is 16.3. The molecular formula is C51H26B5N5O. The molecule has 8 aromatic carbocycles. The maximum absolute atomic E-state index is 6.89. The van der Waals surface area contributed by atoms with Gasteiger partial charge in [0.1, 0.15) is 50.4 Å². The van der Waals surface area contributed by atoms with E-state index in [4.69, 9.17) is 58.6 Å². The molecule has 0 fully saturated rings. The maximum atomic E-state index is 6.89. The fourth-order valence-electron chi connectivity index (χ4n) is 9.16. The van der Waals surface area contributed by atoms with E-state index in [-0.39, 0.29) is 38.7 Å². The van der Waals surface area contributed by atoms with Crippen molar-refractivity contribution in [2.45, 2.75) is 0 Å². The zero-order valence-electron chi connectivity index (χ0n) is 33.0. The largest absolute Gasteiger partial charge is 0.455 e. The molecule has 0 unspecified atom stereocenters. The van der Waals surface area contributed by atoms with Crippen LogP contribution in [0.5, 0.6) is 0 Å². The first kappa shape index (κ1) is 36.4. The summed E-state index contributed by atoms with van der Waals surface area (Å²) < 4.78 is 11.2. The van der Waals surface area contributed by atoms with Gasteiger partial charge < -0.3 is 8.98 Å². The lowest BCUT2D eigenvalue weighted by molar-refractivity contribution is 0.669. The number of hydrogen-bond donors (Lipinski definition) is 0. The van der Waals surface area contributed by atoms with Gasteiger partial charge in [0.25, 0.3) is 0 Å². The molecule has 0 spiro atoms. The van der Waals surface area contributed by atoms with Crippen molar-refractivity contribution in [1.82, 2.24) is 24.1 Å². The predicted octanol–water partition coefficient (Wildman–Crippen LogP) is 6.94. The Balaban J connectivity index is 1.14. The van der Waals surface area contributed by atoms with Gasteiger partial charge in [-0.1, -0.05) is 126 Å². The summed E-state index contributed by atoms with van der Waals surface area (Å²) in [6.07, 6.45) is 0. The van der Waals surface area contributed by atoms with Crippen LogP contribution < -0.4 is 27.3 Å². The van der Waals surface area contributed by atoms with Crippen LogP contribution in [-0.2, 0) is 0 Å². The zero-order chi connectivity index (χ0) is 41.8. The molecule has 0 N–H and O–H groups in total. The number of benzene rings is 8. The van der Waals surface area contributed by atoms with E-state index < -0.39 is 0 Å². The van der Waals surface area contributed by atoms with Crippen LogP contribution in [0.2, 0.25) is 0 Å². The molecule has 6 nitrogen and oxygen atoms in total. The number of para-hydroxylation sites is 4. The minimum atomic E-state index is 0.0972. The van der Waals surface area contributed by atoms with Crippen LogP contribution in [0.15, 0.2) is 162 Å². The quantitative estimate of drug-likeness (QED) is 0.178. The Morgan fingerprint density at radius 2 is 0.952 bits per heavy atom. The first-order chi connectivity index (χ1) is 30.4. The number of nitrogens with zero attached hydrogens (tertiary/aromatic N) is 5. The van der Waals surface area contributed by atoms with Crippen molar-refractivity contribution in [2.24, 2.45) is 0 Å². The Bertz CT molecular complexity index is 3750. The van der Waals surface area contributed by atoms with Crippen LogP contribution in [0.25, 0.3) is 111 Å². The van der Waals surface area contributed by atoms with Gasteiger partial charge in [-0.05, 0) is 53.6 Å². The lowest BCUT2D eigenvalue weighted by atomic mass is 9.60. The average molecular weight is 779 g/mol. The summed E-state index contributed by atoms with van der Waals surface area (Å²) in [5.74, 6) is 0.840. The summed E-state index contributed by atoms with van der Waals surface area (Å²) in [6.45, 7) is 0. The average Bonchev–Trinajstić information content (AvgIpc) is 3.98. The van der Waals surface area contributed by atoms with E-state index in [0.717, 1.165) is 71.2 Å². The lowest BCUT2D eigenvalue weighted by Gasteiger charge is -2.21. The molecule has 12 rings (SSSR count). The fourth-order valence-corrected chi connectivity index (χ4v) is 9.16. The van der Waals surface area contributed by atoms with E-state index in [1.165, 1.54) is 0 Å². The van der Waals surface area contributed by atoms with Crippen LogP contribution in [0.4, 0.5) is 0 Å². The van der Waals surface area contributed by atoms with Gasteiger partial charge in [-0.3, -0.25) is 4.57 Å². The van der Waals surface area contributed by atoms with Gasteiger partial charge in [0.2, 0.25) is 5.95 Å². The third-order valence-electron chi connectivity index (χ3n) is 12.1. The fraction of sp³-hybridized carbons (Fsp3) is 0. The molecule has 10 radical (unpaired) electrons. The normalized spacial score (nSPS) is 11.9. The smallest absolute Gasteiger partial charge is 0.238 e. The minimum Gasteiger partial charge on any atom is -0.455 e. The van der Waals surface area contributed by atoms with Crippen molar-refractivity contribution in [3.8, 4) is 45.5 Å². The SMILES string of the molecule is [B]c1c([B])c([B])c(-c2nc(-c3cccc4c3oc3cccc(-n5c6ccccc6c6ccc(-c7ccccc7)cc65)c34)nc(-n3c4ccccc4c4ccccc43)n2)c([B])c1[B]. The Labute approximate surface area is 362 Å². The molecule has 12 aromatic rings. The molecule has 4 aromatic heterocycles. The molecule has 4 heterocycles. The first-order valence-electron chi connectivity index (χ1n) is 20.2. The summed E-state index contributed by atoms with van der Waals surface area (Å²) in [5.41, 5.74) is 9.97. The third kappa shape index (κ3) is 5.27. The Hall–Kier alpha value is -7.51. The Morgan fingerprint density at radius 1 is 0.403 bits per heavy atom. The van der Waals surface area contributed by atoms with Gasteiger partial charge in [0.05, 0.1) is 38.7 Å². The monoisotopic (exact) mass is 779 g/mol. The van der Waals surface area contributed by atoms with Crippen LogP contribution in [0.3, 0.4) is 0 Å². The second-order valence-corrected chi connectivity index (χ2v) is 15.5. The summed E-state index contributed by atoms with van der Waals surface area (Å²) in [5, 5.41) is 6.23. The van der Waals surface area contributed by atoms with Gasteiger partial charge >= 0.3 is 0 Å². The molecule has 0 atom stereocenters. The van der Waals surface area contributed by atoms with Crippen molar-refractivity contribution in [3.63, 3.8) is 0 Å². The summed E-state index contributed by atoms with van der Waals surface area (Å²) in [6, 6.07) is 54.1. The highest BCUT2D eigenvalue weighted by Crippen LogP contribution is 2.42. The molecule has 0 aliphatic carbocycles. The predicted molar refractivity (Wildman–Crippen MR) is 259 cm³/mol. The topological polar surface area (TPSA) is 61.7 Å². The van der Waals surface area contributed by atoms with Crippen LogP contribution in [-0.4, -0.2) is 63.3 Å². The van der Waals surface area contributed by atoms with E-state index >= 15 is 0 Å². The minimum absolute atomic E-state index is 0.0972. The molecule has 0 saturated heterocycles. The summed E-state index contributed by atoms with van der Waals surface area (Å²) in [7, 11) is 32.4. The lowest BCUT2D eigenvalue weighted by Crippen LogP contribution is -2.55. The Morgan fingerprint density at radius 3 is 1.63 bits per heavy atom. The maximum Gasteiger partial charge on any atom is 0.238 e. The van der Waals surface area contributed by atoms with Gasteiger partial charge in [-0.15, -0.1) is 16.4 Å². The highest BCUT2D eigenvalue weighted by Gasteiger charge is 2.24. The van der Waals surface area contributed by atoms with E-state index in [2.05, 4.69) is 95.6 Å². The molecule has 276 valence electrons. The Kier molecular flexibility index (Phi) is 8.07. The van der Waals surface area contributed by atoms with Gasteiger partial charge in [-0.2, -0.15) is 9.97 Å². The van der Waals surface area contributed by atoms with Crippen LogP contribution in [0, 0.1) is 0 Å². The van der Waals surface area contributed by atoms with Crippen LogP contribution in [0.1, 0.15) is 0 Å². The van der Waals surface area contributed by atoms with Crippen molar-refractivity contribution >= 4 is 132 Å². The van der Waals surface area contributed by atoms with E-state index in [1.54, 1.807) is 0 Å². The second kappa shape index (κ2) is 13.8. The highest BCUT2D eigenvalue weighted by molar-refractivity contribution is 6.68. The van der Waals surface area contributed by atoms with Crippen molar-refractivity contribution in [2.75, 3.05) is 0 Å². The van der Waals surface area contributed by atoms with Crippen molar-refractivity contribution in [1.29, 1.82) is 0 Å². The van der Waals surface area contributed by atoms with Crippen molar-refractivity contribution in [3.05, 3.63) is 158 Å². The number of hydrogen-bond acceptors (Lipinski definition) is 4. The molecule has 62 heavy (non-hydrogen) atoms. The molecular weight excluding hydrogens is 753 g/mol. The number of fused-ring (bicyclic) bond motifs is 9. The molecule has 11 heteroatoms. The van der Waals surface area contributed by atoms with Crippen molar-refractivity contribution < 1.29 is 4.42 Å². The van der Waals surface area contributed by atoms with Crippen LogP contribution >= 0.6 is 0 Å². The molecule has 0 saturated carbocycles. The number of furan rings is 1. The molecule has 0 aliphatic rings. The van der Waals surface area contributed by atoms with E-state index in [9.17, 15) is 0 Å². The van der Waals surface area contributed by atoms with Gasteiger partial charge in [0, 0.05) is 32.5 Å². The summed E-state index contributed by atoms with van der Waals surface area (Å²) >= 11 is 0. The molecule has 0 aliphatic heterocycles. The number of aromatic nitrogens is 5. The van der Waals surface area contributed by atoms with Gasteiger partial charge in [0.15, 0.2) is 11.6 Å². The first-order valence-corrected chi connectivity index (χ1v) is 20.2. The van der Waals surface area contributed by atoms with E-state index in [1.807, 2.05) is 71.3 Å². The third-order valence-corrected chi connectivity index (χ3v) is 12.1. The van der Waals surface area contributed by atoms with E-state index in [0.29, 0.717) is 28.5 Å². The standard InChI is InChI=1S/C51H26B5N5O/c52-43-42(44(53)46(55)47(56)45(43)54)50-57-49(58-51(59-50)61-36-20-8-5-14-29(36)30-15-6-9-21-37(30)61)34-18-10-17-33-41-38(22-11-23-40(41)62-48(33)34)60-35-19-7-4-16-31(35)32-25-24-28(26-39(32)60)27-12-2-1-3-13-27/h1-26H. The second-order valence-electron chi connectivity index (χ2n) is 15.5.